The molecular formula is C22H21NO4. The van der Waals surface area contributed by atoms with E-state index < -0.39 is 12.1 Å². The van der Waals surface area contributed by atoms with Crippen molar-refractivity contribution in [3.63, 3.8) is 0 Å². The molecule has 0 saturated heterocycles. The zero-order valence-corrected chi connectivity index (χ0v) is 15.3. The van der Waals surface area contributed by atoms with E-state index >= 15 is 0 Å². The second-order valence-electron chi connectivity index (χ2n) is 6.21. The summed E-state index contributed by atoms with van der Waals surface area (Å²) in [5.74, 6) is -0.127. The lowest BCUT2D eigenvalue weighted by Crippen LogP contribution is -2.30. The number of fused-ring (bicyclic) bond motifs is 1. The summed E-state index contributed by atoms with van der Waals surface area (Å²) < 4.78 is 10.3. The molecular weight excluding hydrogens is 342 g/mol. The molecule has 0 bridgehead atoms. The molecule has 3 rings (SSSR count). The van der Waals surface area contributed by atoms with Crippen LogP contribution >= 0.6 is 0 Å². The maximum Gasteiger partial charge on any atom is 0.311 e. The fraction of sp³-hybridized carbons (Fsp3) is 0.182. The highest BCUT2D eigenvalue weighted by atomic mass is 16.5. The zero-order valence-electron chi connectivity index (χ0n) is 15.3. The molecule has 0 aliphatic rings. The number of methoxy groups -OCH3 is 1. The minimum Gasteiger partial charge on any atom is -0.497 e. The Morgan fingerprint density at radius 1 is 0.963 bits per heavy atom. The van der Waals surface area contributed by atoms with Gasteiger partial charge >= 0.3 is 5.97 Å². The van der Waals surface area contributed by atoms with Crippen LogP contribution < -0.4 is 10.1 Å². The fourth-order valence-electron chi connectivity index (χ4n) is 2.73. The van der Waals surface area contributed by atoms with Gasteiger partial charge in [-0.1, -0.05) is 42.5 Å². The van der Waals surface area contributed by atoms with Gasteiger partial charge in [-0.25, -0.2) is 0 Å². The van der Waals surface area contributed by atoms with Crippen LogP contribution in [0.1, 0.15) is 12.5 Å². The van der Waals surface area contributed by atoms with Crippen LogP contribution in [0, 0.1) is 0 Å². The molecule has 0 heterocycles. The lowest BCUT2D eigenvalue weighted by Gasteiger charge is -2.14. The normalized spacial score (nSPS) is 11.6. The molecule has 0 aromatic heterocycles. The van der Waals surface area contributed by atoms with Gasteiger partial charge in [-0.15, -0.1) is 0 Å². The molecule has 0 radical (unpaired) electrons. The summed E-state index contributed by atoms with van der Waals surface area (Å²) in [6.07, 6.45) is -0.773. The first kappa shape index (κ1) is 18.5. The van der Waals surface area contributed by atoms with E-state index in [1.165, 1.54) is 0 Å². The van der Waals surface area contributed by atoms with Crippen molar-refractivity contribution in [2.45, 2.75) is 19.4 Å². The first-order valence-electron chi connectivity index (χ1n) is 8.67. The number of rotatable bonds is 6. The van der Waals surface area contributed by atoms with Crippen LogP contribution in [0.3, 0.4) is 0 Å². The third-order valence-electron chi connectivity index (χ3n) is 4.20. The standard InChI is InChI=1S/C22H21NO4/c1-15(22(25)23-19-9-11-20(26-2)12-10-19)27-21(24)14-16-7-8-17-5-3-4-6-18(17)13-16/h3-13,15H,14H2,1-2H3,(H,23,25)/t15-/m0/s1. The smallest absolute Gasteiger partial charge is 0.311 e. The molecule has 1 amide bonds. The van der Waals surface area contributed by atoms with Gasteiger partial charge in [0.25, 0.3) is 5.91 Å². The average molecular weight is 363 g/mol. The maximum atomic E-state index is 12.2. The third-order valence-corrected chi connectivity index (χ3v) is 4.20. The summed E-state index contributed by atoms with van der Waals surface area (Å²) >= 11 is 0. The Bertz CT molecular complexity index is 950. The SMILES string of the molecule is COc1ccc(NC(=O)[C@H](C)OC(=O)Cc2ccc3ccccc3c2)cc1. The number of ether oxygens (including phenoxy) is 2. The van der Waals surface area contributed by atoms with Gasteiger partial charge in [-0.05, 0) is 47.5 Å². The van der Waals surface area contributed by atoms with Crippen LogP contribution in [-0.4, -0.2) is 25.1 Å². The highest BCUT2D eigenvalue weighted by Crippen LogP contribution is 2.17. The molecule has 5 heteroatoms. The molecule has 27 heavy (non-hydrogen) atoms. The van der Waals surface area contributed by atoms with Gasteiger partial charge in [0.1, 0.15) is 5.75 Å². The lowest BCUT2D eigenvalue weighted by atomic mass is 10.1. The van der Waals surface area contributed by atoms with Crippen molar-refractivity contribution in [1.82, 2.24) is 0 Å². The van der Waals surface area contributed by atoms with E-state index in [1.54, 1.807) is 38.3 Å². The number of hydrogen-bond donors (Lipinski definition) is 1. The summed E-state index contributed by atoms with van der Waals surface area (Å²) in [5.41, 5.74) is 1.46. The van der Waals surface area contributed by atoms with Gasteiger partial charge in [-0.3, -0.25) is 9.59 Å². The molecule has 138 valence electrons. The second-order valence-corrected chi connectivity index (χ2v) is 6.21. The van der Waals surface area contributed by atoms with Crippen LogP contribution in [0.4, 0.5) is 5.69 Å². The molecule has 0 saturated carbocycles. The summed E-state index contributed by atoms with van der Waals surface area (Å²) in [4.78, 5) is 24.4. The summed E-state index contributed by atoms with van der Waals surface area (Å²) in [6.45, 7) is 1.55. The van der Waals surface area contributed by atoms with E-state index in [2.05, 4.69) is 5.32 Å². The Morgan fingerprint density at radius 2 is 1.67 bits per heavy atom. The number of carbonyl (C=O) groups excluding carboxylic acids is 2. The topological polar surface area (TPSA) is 64.6 Å². The molecule has 0 aliphatic heterocycles. The molecule has 0 spiro atoms. The first-order chi connectivity index (χ1) is 13.0. The molecule has 3 aromatic rings. The quantitative estimate of drug-likeness (QED) is 0.673. The summed E-state index contributed by atoms with van der Waals surface area (Å²) in [6, 6.07) is 20.7. The second kappa shape index (κ2) is 8.36. The number of esters is 1. The third kappa shape index (κ3) is 4.85. The lowest BCUT2D eigenvalue weighted by molar-refractivity contribution is -0.152. The molecule has 0 aliphatic carbocycles. The first-order valence-corrected chi connectivity index (χ1v) is 8.67. The van der Waals surface area contributed by atoms with Gasteiger partial charge < -0.3 is 14.8 Å². The summed E-state index contributed by atoms with van der Waals surface area (Å²) in [5, 5.41) is 4.89. The number of hydrogen-bond acceptors (Lipinski definition) is 4. The van der Waals surface area contributed by atoms with E-state index in [1.807, 2.05) is 42.5 Å². The minimum absolute atomic E-state index is 0.116. The predicted octanol–water partition coefficient (Wildman–Crippen LogP) is 3.96. The van der Waals surface area contributed by atoms with E-state index in [0.717, 1.165) is 16.3 Å². The van der Waals surface area contributed by atoms with Crippen LogP contribution in [0.5, 0.6) is 5.75 Å². The summed E-state index contributed by atoms with van der Waals surface area (Å²) in [7, 11) is 1.57. The molecule has 0 unspecified atom stereocenters. The van der Waals surface area contributed by atoms with Crippen molar-refractivity contribution < 1.29 is 19.1 Å². The van der Waals surface area contributed by atoms with Gasteiger partial charge in [0.05, 0.1) is 13.5 Å². The number of nitrogens with one attached hydrogen (secondary N) is 1. The fourth-order valence-corrected chi connectivity index (χ4v) is 2.73. The van der Waals surface area contributed by atoms with Crippen LogP contribution in [0.15, 0.2) is 66.7 Å². The van der Waals surface area contributed by atoms with Crippen LogP contribution in [0.2, 0.25) is 0 Å². The predicted molar refractivity (Wildman–Crippen MR) is 105 cm³/mol. The van der Waals surface area contributed by atoms with Crippen LogP contribution in [0.25, 0.3) is 10.8 Å². The number of benzene rings is 3. The Kier molecular flexibility index (Phi) is 5.71. The van der Waals surface area contributed by atoms with E-state index in [0.29, 0.717) is 11.4 Å². The van der Waals surface area contributed by atoms with Crippen molar-refractivity contribution in [3.8, 4) is 5.75 Å². The van der Waals surface area contributed by atoms with Gasteiger partial charge in [0.15, 0.2) is 6.10 Å². The Balaban J connectivity index is 1.56. The number of carbonyl (C=O) groups is 2. The maximum absolute atomic E-state index is 12.2. The molecule has 1 N–H and O–H groups in total. The molecule has 0 fully saturated rings. The highest BCUT2D eigenvalue weighted by molar-refractivity contribution is 5.95. The highest BCUT2D eigenvalue weighted by Gasteiger charge is 2.18. The number of anilines is 1. The van der Waals surface area contributed by atoms with Crippen molar-refractivity contribution in [2.75, 3.05) is 12.4 Å². The van der Waals surface area contributed by atoms with Gasteiger partial charge in [0.2, 0.25) is 0 Å². The molecule has 5 nitrogen and oxygen atoms in total. The zero-order chi connectivity index (χ0) is 19.2. The van der Waals surface area contributed by atoms with Crippen molar-refractivity contribution in [1.29, 1.82) is 0 Å². The monoisotopic (exact) mass is 363 g/mol. The van der Waals surface area contributed by atoms with Gasteiger partial charge in [-0.2, -0.15) is 0 Å². The Morgan fingerprint density at radius 3 is 2.37 bits per heavy atom. The van der Waals surface area contributed by atoms with Crippen molar-refractivity contribution in [3.05, 3.63) is 72.3 Å². The largest absolute Gasteiger partial charge is 0.497 e. The number of amides is 1. The van der Waals surface area contributed by atoms with Crippen molar-refractivity contribution >= 4 is 28.3 Å². The van der Waals surface area contributed by atoms with E-state index in [-0.39, 0.29) is 12.3 Å². The van der Waals surface area contributed by atoms with Crippen LogP contribution in [-0.2, 0) is 20.7 Å². The van der Waals surface area contributed by atoms with E-state index in [4.69, 9.17) is 9.47 Å². The van der Waals surface area contributed by atoms with Crippen molar-refractivity contribution in [2.24, 2.45) is 0 Å². The van der Waals surface area contributed by atoms with E-state index in [9.17, 15) is 9.59 Å². The minimum atomic E-state index is -0.889. The Labute approximate surface area is 157 Å². The van der Waals surface area contributed by atoms with Gasteiger partial charge in [0, 0.05) is 5.69 Å². The Hall–Kier alpha value is -3.34. The average Bonchev–Trinajstić information content (AvgIpc) is 2.68. The molecule has 1 atom stereocenters. The molecule has 3 aromatic carbocycles.